The van der Waals surface area contributed by atoms with Crippen LogP contribution in [0.15, 0.2) is 0 Å². The summed E-state index contributed by atoms with van der Waals surface area (Å²) in [6.07, 6.45) is 6.68. The lowest BCUT2D eigenvalue weighted by Gasteiger charge is -2.64. The van der Waals surface area contributed by atoms with Gasteiger partial charge in [0.1, 0.15) is 6.10 Å². The largest absolute Gasteiger partial charge is 0.390 e. The molecule has 258 valence electrons. The topological polar surface area (TPSA) is 126 Å². The van der Waals surface area contributed by atoms with Gasteiger partial charge in [-0.2, -0.15) is 4.31 Å². The Balaban J connectivity index is 1.13. The van der Waals surface area contributed by atoms with Gasteiger partial charge in [0.15, 0.2) is 6.29 Å². The molecule has 7 fully saturated rings. The van der Waals surface area contributed by atoms with E-state index in [1.165, 1.54) is 23.4 Å². The van der Waals surface area contributed by atoms with Crippen molar-refractivity contribution in [2.75, 3.05) is 26.0 Å². The Labute approximate surface area is 270 Å². The van der Waals surface area contributed by atoms with Gasteiger partial charge in [0, 0.05) is 12.0 Å². The summed E-state index contributed by atoms with van der Waals surface area (Å²) in [6.45, 7) is 16.0. The first-order valence-corrected chi connectivity index (χ1v) is 19.5. The Morgan fingerprint density at radius 3 is 2.36 bits per heavy atom. The number of rotatable bonds is 5. The van der Waals surface area contributed by atoms with Crippen LogP contribution < -0.4 is 0 Å². The third-order valence-electron chi connectivity index (χ3n) is 15.6. The molecule has 0 aromatic rings. The molecule has 14 atom stereocenters. The smallest absolute Gasteiger partial charge is 0.211 e. The molecule has 9 nitrogen and oxygen atoms in total. The predicted molar refractivity (Wildman–Crippen MR) is 169 cm³/mol. The zero-order chi connectivity index (χ0) is 32.8. The van der Waals surface area contributed by atoms with E-state index in [2.05, 4.69) is 34.6 Å². The third-order valence-corrected chi connectivity index (χ3v) is 16.9. The summed E-state index contributed by atoms with van der Waals surface area (Å²) < 4.78 is 45.2. The Morgan fingerprint density at radius 2 is 1.69 bits per heavy atom. The molecule has 2 spiro atoms. The van der Waals surface area contributed by atoms with Gasteiger partial charge in [-0.15, -0.1) is 0 Å². The molecule has 7 rings (SSSR count). The maximum Gasteiger partial charge on any atom is 0.211 e. The van der Waals surface area contributed by atoms with E-state index in [-0.39, 0.29) is 57.7 Å². The summed E-state index contributed by atoms with van der Waals surface area (Å²) in [5, 5.41) is 34.0. The van der Waals surface area contributed by atoms with E-state index >= 15 is 0 Å². The van der Waals surface area contributed by atoms with Gasteiger partial charge in [-0.05, 0) is 111 Å². The van der Waals surface area contributed by atoms with Crippen LogP contribution in [0, 0.1) is 50.7 Å². The van der Waals surface area contributed by atoms with Crippen LogP contribution in [-0.4, -0.2) is 96.4 Å². The Bertz CT molecular complexity index is 1300. The van der Waals surface area contributed by atoms with Crippen molar-refractivity contribution >= 4 is 10.0 Å². The normalized spacial score (nSPS) is 53.4. The van der Waals surface area contributed by atoms with Gasteiger partial charge in [0.2, 0.25) is 10.0 Å². The molecule has 10 heteroatoms. The number of hydrogen-bond acceptors (Lipinski definition) is 8. The summed E-state index contributed by atoms with van der Waals surface area (Å²) in [4.78, 5) is 0. The highest BCUT2D eigenvalue weighted by Crippen LogP contribution is 2.89. The lowest BCUT2D eigenvalue weighted by molar-refractivity contribution is -0.243. The van der Waals surface area contributed by atoms with E-state index in [1.807, 2.05) is 0 Å². The molecule has 0 radical (unpaired) electrons. The number of fused-ring (bicyclic) bond motifs is 4. The number of hydrogen-bond donors (Lipinski definition) is 3. The second kappa shape index (κ2) is 10.1. The van der Waals surface area contributed by atoms with Crippen LogP contribution in [0.2, 0.25) is 0 Å². The fourth-order valence-corrected chi connectivity index (χ4v) is 14.2. The molecule has 5 saturated carbocycles. The summed E-state index contributed by atoms with van der Waals surface area (Å²) >= 11 is 0. The highest BCUT2D eigenvalue weighted by Gasteiger charge is 2.84. The third kappa shape index (κ3) is 4.37. The van der Waals surface area contributed by atoms with Crippen molar-refractivity contribution in [1.82, 2.24) is 4.31 Å². The minimum absolute atomic E-state index is 0.00426. The van der Waals surface area contributed by atoms with Crippen LogP contribution in [0.1, 0.15) is 99.8 Å². The minimum Gasteiger partial charge on any atom is -0.390 e. The van der Waals surface area contributed by atoms with E-state index in [0.717, 1.165) is 32.1 Å². The molecule has 0 amide bonds. The maximum absolute atomic E-state index is 12.4. The summed E-state index contributed by atoms with van der Waals surface area (Å²) in [5.41, 5.74) is -1.24. The summed E-state index contributed by atoms with van der Waals surface area (Å²) in [6, 6.07) is 0. The van der Waals surface area contributed by atoms with E-state index in [1.54, 1.807) is 13.8 Å². The number of ether oxygens (including phenoxy) is 3. The molecule has 5 aliphatic carbocycles. The van der Waals surface area contributed by atoms with Gasteiger partial charge in [-0.3, -0.25) is 0 Å². The Morgan fingerprint density at radius 1 is 1.02 bits per heavy atom. The molecule has 2 unspecified atom stereocenters. The summed E-state index contributed by atoms with van der Waals surface area (Å²) in [7, 11) is -3.29. The molecular weight excluding hydrogens is 594 g/mol. The van der Waals surface area contributed by atoms with Crippen LogP contribution >= 0.6 is 0 Å². The van der Waals surface area contributed by atoms with Crippen molar-refractivity contribution in [2.45, 2.75) is 142 Å². The second-order valence-corrected chi connectivity index (χ2v) is 20.2. The molecule has 0 aromatic heterocycles. The second-order valence-electron chi connectivity index (χ2n) is 18.2. The van der Waals surface area contributed by atoms with Crippen molar-refractivity contribution in [3.8, 4) is 0 Å². The number of sulfonamides is 1. The number of aliphatic hydroxyl groups is 3. The number of aliphatic hydroxyl groups excluding tert-OH is 2. The van der Waals surface area contributed by atoms with Crippen LogP contribution in [0.25, 0.3) is 0 Å². The van der Waals surface area contributed by atoms with Crippen LogP contribution in [0.5, 0.6) is 0 Å². The van der Waals surface area contributed by atoms with E-state index in [4.69, 9.17) is 14.2 Å². The van der Waals surface area contributed by atoms with Gasteiger partial charge in [-0.25, -0.2) is 8.42 Å². The molecule has 7 aliphatic rings. The highest BCUT2D eigenvalue weighted by molar-refractivity contribution is 7.88. The van der Waals surface area contributed by atoms with Crippen LogP contribution in [-0.2, 0) is 24.2 Å². The predicted octanol–water partition coefficient (Wildman–Crippen LogP) is 3.93. The fraction of sp³-hybridized carbons (Fsp3) is 1.00. The van der Waals surface area contributed by atoms with Crippen molar-refractivity contribution in [3.63, 3.8) is 0 Å². The maximum atomic E-state index is 12.4. The van der Waals surface area contributed by atoms with Crippen molar-refractivity contribution in [2.24, 2.45) is 50.7 Å². The van der Waals surface area contributed by atoms with Crippen LogP contribution in [0.4, 0.5) is 0 Å². The first-order valence-electron chi connectivity index (χ1n) is 17.7. The first-order chi connectivity index (χ1) is 20.7. The Hall–Kier alpha value is -0.330. The summed E-state index contributed by atoms with van der Waals surface area (Å²) in [5.74, 6) is 1.41. The molecule has 0 aromatic carbocycles. The number of nitrogens with zero attached hydrogens (tertiary/aromatic N) is 1. The molecule has 2 heterocycles. The standard InChI is InChI=1S/C35H59NO8S/c1-20-17-21(28(37)31(4,5)39)43-27-26(20)32(6)13-14-35-19-34(35)12-11-24(44-25-18-36(15-16-42-25)45(8,40)41)30(2,3)22(34)9-10-23(35)33(32,7)29(27)38/h20-29,37-39H,9-19H2,1-8H3/t20?,21-,22+,23+,24+,25+,26?,27+,28+,29+,32-,33-,34-,35+/m1/s1. The van der Waals surface area contributed by atoms with E-state index in [9.17, 15) is 23.7 Å². The van der Waals surface area contributed by atoms with Crippen molar-refractivity contribution < 1.29 is 37.9 Å². The first kappa shape index (κ1) is 33.2. The fourth-order valence-electron chi connectivity index (χ4n) is 13.4. The van der Waals surface area contributed by atoms with Crippen molar-refractivity contribution in [3.05, 3.63) is 0 Å². The number of morpholine rings is 1. The van der Waals surface area contributed by atoms with Gasteiger partial charge in [0.05, 0.1) is 49.4 Å². The highest BCUT2D eigenvalue weighted by atomic mass is 32.2. The minimum atomic E-state index is -3.29. The average Bonchev–Trinajstić information content (AvgIpc) is 3.58. The van der Waals surface area contributed by atoms with Crippen molar-refractivity contribution in [1.29, 1.82) is 0 Å². The van der Waals surface area contributed by atoms with Crippen LogP contribution in [0.3, 0.4) is 0 Å². The lowest BCUT2D eigenvalue weighted by Crippen LogP contribution is -2.60. The van der Waals surface area contributed by atoms with Gasteiger partial charge in [-0.1, -0.05) is 34.6 Å². The van der Waals surface area contributed by atoms with Gasteiger partial charge >= 0.3 is 0 Å². The SMILES string of the molecule is CC1C[C@H]([C@H](O)C(C)(C)O)O[C@H]2C1[C@@]1(C)CC[C@@]34C[C@@]35CC[C@H](O[C@H]3CN(S(C)(=O)=O)CCO3)C(C)(C)[C@@H]5CC[C@H]4[C@]1(C)[C@H]2O. The monoisotopic (exact) mass is 653 g/mol. The van der Waals surface area contributed by atoms with E-state index < -0.39 is 40.2 Å². The zero-order valence-corrected chi connectivity index (χ0v) is 29.6. The quantitative estimate of drug-likeness (QED) is 0.408. The van der Waals surface area contributed by atoms with Gasteiger partial charge < -0.3 is 29.5 Å². The van der Waals surface area contributed by atoms with Gasteiger partial charge in [0.25, 0.3) is 0 Å². The zero-order valence-electron chi connectivity index (χ0n) is 28.8. The molecule has 2 saturated heterocycles. The Kier molecular flexibility index (Phi) is 7.46. The van der Waals surface area contributed by atoms with E-state index in [0.29, 0.717) is 31.4 Å². The molecule has 45 heavy (non-hydrogen) atoms. The molecular formula is C35H59NO8S. The molecule has 0 bridgehead atoms. The molecule has 3 N–H and O–H groups in total. The molecule has 2 aliphatic heterocycles. The lowest BCUT2D eigenvalue weighted by atomic mass is 9.41. The average molecular weight is 654 g/mol.